The Morgan fingerprint density at radius 2 is 1.25 bits per heavy atom. The van der Waals surface area contributed by atoms with Gasteiger partial charge < -0.3 is 0 Å². The lowest BCUT2D eigenvalue weighted by atomic mass is 9.60. The van der Waals surface area contributed by atoms with Crippen LogP contribution >= 0.6 is 0 Å². The second-order valence-corrected chi connectivity index (χ2v) is 10.3. The van der Waals surface area contributed by atoms with E-state index in [1.54, 1.807) is 0 Å². The molecule has 0 heterocycles. The molecule has 0 bridgehead atoms. The summed E-state index contributed by atoms with van der Waals surface area (Å²) in [7, 11) is 0. The quantitative estimate of drug-likeness (QED) is 0.270. The maximum atomic E-state index is 2.54. The largest absolute Gasteiger partial charge is 0.0719 e. The minimum atomic E-state index is -0.248. The molecule has 0 radical (unpaired) electrons. The molecule has 0 aliphatic heterocycles. The van der Waals surface area contributed by atoms with Crippen LogP contribution in [0.2, 0.25) is 0 Å². The zero-order valence-electron chi connectivity index (χ0n) is 19.5. The van der Waals surface area contributed by atoms with Gasteiger partial charge in [-0.05, 0) is 75.3 Å². The number of hydrogen-bond donors (Lipinski definition) is 0. The highest BCUT2D eigenvalue weighted by Gasteiger charge is 2.49. The second kappa shape index (κ2) is 6.69. The molecule has 0 amide bonds. The molecule has 4 aromatic rings. The van der Waals surface area contributed by atoms with E-state index in [1.807, 2.05) is 0 Å². The SMILES string of the molecule is CCC(C)(C)c1ccc2c(c1)C1(c3cc(C)ccc3C2)c2ccccc2-c2ccccc21. The van der Waals surface area contributed by atoms with Gasteiger partial charge in [0.15, 0.2) is 0 Å². The van der Waals surface area contributed by atoms with Gasteiger partial charge in [0.1, 0.15) is 0 Å². The van der Waals surface area contributed by atoms with Crippen molar-refractivity contribution in [3.8, 4) is 11.1 Å². The molecule has 0 N–H and O–H groups in total. The van der Waals surface area contributed by atoms with Gasteiger partial charge in [0, 0.05) is 0 Å². The van der Waals surface area contributed by atoms with Crippen LogP contribution in [0.4, 0.5) is 0 Å². The van der Waals surface area contributed by atoms with Gasteiger partial charge in [-0.15, -0.1) is 0 Å². The van der Waals surface area contributed by atoms with Crippen molar-refractivity contribution in [3.63, 3.8) is 0 Å². The van der Waals surface area contributed by atoms with Gasteiger partial charge >= 0.3 is 0 Å². The van der Waals surface area contributed by atoms with Crippen molar-refractivity contribution in [2.45, 2.75) is 51.4 Å². The number of hydrogen-bond acceptors (Lipinski definition) is 0. The summed E-state index contributed by atoms with van der Waals surface area (Å²) in [6, 6.07) is 32.6. The number of benzene rings is 4. The molecule has 0 saturated carbocycles. The van der Waals surface area contributed by atoms with E-state index in [-0.39, 0.29) is 10.8 Å². The Morgan fingerprint density at radius 1 is 0.688 bits per heavy atom. The Bertz CT molecular complexity index is 1320. The van der Waals surface area contributed by atoms with Crippen LogP contribution in [-0.4, -0.2) is 0 Å². The molecule has 32 heavy (non-hydrogen) atoms. The third-order valence-electron chi connectivity index (χ3n) is 8.18. The highest BCUT2D eigenvalue weighted by molar-refractivity contribution is 5.87. The molecule has 1 spiro atoms. The summed E-state index contributed by atoms with van der Waals surface area (Å²) in [4.78, 5) is 0. The van der Waals surface area contributed by atoms with Crippen LogP contribution in [0.25, 0.3) is 11.1 Å². The van der Waals surface area contributed by atoms with Gasteiger partial charge in [-0.3, -0.25) is 0 Å². The Balaban J connectivity index is 1.80. The van der Waals surface area contributed by atoms with Crippen molar-refractivity contribution in [1.29, 1.82) is 0 Å². The van der Waals surface area contributed by atoms with Crippen molar-refractivity contribution in [3.05, 3.63) is 129 Å². The van der Waals surface area contributed by atoms with E-state index in [2.05, 4.69) is 113 Å². The monoisotopic (exact) mass is 414 g/mol. The standard InChI is InChI=1S/C32H30/c1-5-31(3,4)24-17-16-23-19-22-15-14-21(2)18-29(22)32(30(23)20-24)27-12-8-6-10-25(27)26-11-7-9-13-28(26)32/h6-18,20H,5,19H2,1-4H3. The topological polar surface area (TPSA) is 0 Å². The Morgan fingerprint density at radius 3 is 1.88 bits per heavy atom. The number of aryl methyl sites for hydroxylation is 1. The van der Waals surface area contributed by atoms with Crippen molar-refractivity contribution in [1.82, 2.24) is 0 Å². The summed E-state index contributed by atoms with van der Waals surface area (Å²) in [5.74, 6) is 0. The zero-order chi connectivity index (χ0) is 22.1. The Labute approximate surface area is 192 Å². The predicted molar refractivity (Wildman–Crippen MR) is 135 cm³/mol. The lowest BCUT2D eigenvalue weighted by molar-refractivity contribution is 0.504. The van der Waals surface area contributed by atoms with E-state index >= 15 is 0 Å². The summed E-state index contributed by atoms with van der Waals surface area (Å²) < 4.78 is 0. The summed E-state index contributed by atoms with van der Waals surface area (Å²) in [6.45, 7) is 9.28. The molecule has 0 saturated heterocycles. The average Bonchev–Trinajstić information content (AvgIpc) is 3.11. The highest BCUT2D eigenvalue weighted by atomic mass is 14.5. The summed E-state index contributed by atoms with van der Waals surface area (Å²) >= 11 is 0. The fourth-order valence-electron chi connectivity index (χ4n) is 6.06. The maximum absolute atomic E-state index is 2.54. The molecule has 6 rings (SSSR count). The van der Waals surface area contributed by atoms with Gasteiger partial charge in [0.2, 0.25) is 0 Å². The lowest BCUT2D eigenvalue weighted by Gasteiger charge is -2.41. The first-order chi connectivity index (χ1) is 15.5. The van der Waals surface area contributed by atoms with Gasteiger partial charge in [0.05, 0.1) is 5.41 Å². The molecule has 0 aromatic heterocycles. The summed E-state index contributed by atoms with van der Waals surface area (Å²) in [6.07, 6.45) is 2.13. The second-order valence-electron chi connectivity index (χ2n) is 10.3. The lowest BCUT2D eigenvalue weighted by Crippen LogP contribution is -2.35. The molecule has 0 unspecified atom stereocenters. The van der Waals surface area contributed by atoms with Crippen LogP contribution in [0.15, 0.2) is 84.9 Å². The first-order valence-electron chi connectivity index (χ1n) is 11.9. The average molecular weight is 415 g/mol. The number of rotatable bonds is 2. The minimum Gasteiger partial charge on any atom is -0.0646 e. The number of fused-ring (bicyclic) bond motifs is 9. The third kappa shape index (κ3) is 2.44. The van der Waals surface area contributed by atoms with Crippen molar-refractivity contribution in [2.75, 3.05) is 0 Å². The van der Waals surface area contributed by atoms with Crippen molar-refractivity contribution < 1.29 is 0 Å². The molecule has 2 aliphatic carbocycles. The summed E-state index contributed by atoms with van der Waals surface area (Å²) in [5.41, 5.74) is 14.2. The van der Waals surface area contributed by atoms with E-state index in [1.165, 1.54) is 55.6 Å². The predicted octanol–water partition coefficient (Wildman–Crippen LogP) is 7.95. The normalized spacial score (nSPS) is 15.1. The van der Waals surface area contributed by atoms with E-state index in [0.29, 0.717) is 0 Å². The van der Waals surface area contributed by atoms with Gasteiger partial charge in [-0.2, -0.15) is 0 Å². The molecule has 4 aromatic carbocycles. The van der Waals surface area contributed by atoms with Gasteiger partial charge in [-0.1, -0.05) is 111 Å². The molecule has 0 fully saturated rings. The smallest absolute Gasteiger partial charge is 0.0646 e. The first-order valence-corrected chi connectivity index (χ1v) is 11.9. The molecular formula is C32H30. The summed E-state index contributed by atoms with van der Waals surface area (Å²) in [5, 5.41) is 0. The molecule has 0 heteroatoms. The van der Waals surface area contributed by atoms with Crippen LogP contribution in [0.1, 0.15) is 71.7 Å². The molecule has 2 aliphatic rings. The van der Waals surface area contributed by atoms with Crippen molar-refractivity contribution >= 4 is 0 Å². The van der Waals surface area contributed by atoms with Crippen LogP contribution in [0.5, 0.6) is 0 Å². The Kier molecular flexibility index (Phi) is 4.09. The fourth-order valence-corrected chi connectivity index (χ4v) is 6.06. The van der Waals surface area contributed by atoms with E-state index < -0.39 is 0 Å². The van der Waals surface area contributed by atoms with Gasteiger partial charge in [0.25, 0.3) is 0 Å². The zero-order valence-corrected chi connectivity index (χ0v) is 19.5. The maximum Gasteiger partial charge on any atom is 0.0719 e. The van der Waals surface area contributed by atoms with E-state index in [4.69, 9.17) is 0 Å². The van der Waals surface area contributed by atoms with E-state index in [0.717, 1.165) is 12.8 Å². The van der Waals surface area contributed by atoms with Crippen molar-refractivity contribution in [2.24, 2.45) is 0 Å². The van der Waals surface area contributed by atoms with Crippen LogP contribution in [0.3, 0.4) is 0 Å². The highest BCUT2D eigenvalue weighted by Crippen LogP contribution is 2.59. The third-order valence-corrected chi connectivity index (χ3v) is 8.18. The van der Waals surface area contributed by atoms with Crippen LogP contribution in [0, 0.1) is 6.92 Å². The molecule has 0 nitrogen and oxygen atoms in total. The van der Waals surface area contributed by atoms with E-state index in [9.17, 15) is 0 Å². The molecule has 158 valence electrons. The van der Waals surface area contributed by atoms with Gasteiger partial charge in [-0.25, -0.2) is 0 Å². The van der Waals surface area contributed by atoms with Crippen LogP contribution < -0.4 is 0 Å². The van der Waals surface area contributed by atoms with Crippen LogP contribution in [-0.2, 0) is 17.3 Å². The first kappa shape index (κ1) is 19.6. The molecule has 0 atom stereocenters. The fraction of sp³-hybridized carbons (Fsp3) is 0.250. The minimum absolute atomic E-state index is 0.154. The molecular weight excluding hydrogens is 384 g/mol. The Hall–Kier alpha value is -3.12.